The van der Waals surface area contributed by atoms with Gasteiger partial charge < -0.3 is 15.0 Å². The van der Waals surface area contributed by atoms with E-state index in [9.17, 15) is 4.79 Å². The predicted octanol–water partition coefficient (Wildman–Crippen LogP) is 5.05. The van der Waals surface area contributed by atoms with E-state index in [0.717, 1.165) is 47.5 Å². The second-order valence-corrected chi connectivity index (χ2v) is 8.20. The van der Waals surface area contributed by atoms with Gasteiger partial charge in [-0.15, -0.1) is 0 Å². The summed E-state index contributed by atoms with van der Waals surface area (Å²) in [5.41, 5.74) is 4.16. The standard InChI is InChI=1S/C25H28N4O2/c1-17-13-18(2)15-21(14-17)28-24(30)20-8-6-12-29(16-20)23-25(27-11-10-26-23)31-22-9-5-4-7-19(22)3/h4-5,7,9-11,13-15,20H,6,8,12,16H2,1-3H3,(H,28,30)/t20-/m0/s1. The average Bonchev–Trinajstić information content (AvgIpc) is 2.75. The lowest BCUT2D eigenvalue weighted by Gasteiger charge is -2.33. The first kappa shape index (κ1) is 20.8. The average molecular weight is 417 g/mol. The Hall–Kier alpha value is -3.41. The van der Waals surface area contributed by atoms with E-state index < -0.39 is 0 Å². The van der Waals surface area contributed by atoms with Crippen molar-refractivity contribution in [3.8, 4) is 11.6 Å². The van der Waals surface area contributed by atoms with Crippen LogP contribution in [0.3, 0.4) is 0 Å². The topological polar surface area (TPSA) is 67.4 Å². The van der Waals surface area contributed by atoms with Gasteiger partial charge in [0.25, 0.3) is 5.88 Å². The molecule has 0 bridgehead atoms. The molecule has 160 valence electrons. The fourth-order valence-electron chi connectivity index (χ4n) is 4.06. The van der Waals surface area contributed by atoms with Crippen LogP contribution in [-0.2, 0) is 4.79 Å². The molecular weight excluding hydrogens is 388 g/mol. The van der Waals surface area contributed by atoms with Crippen LogP contribution >= 0.6 is 0 Å². The van der Waals surface area contributed by atoms with E-state index in [4.69, 9.17) is 4.74 Å². The van der Waals surface area contributed by atoms with Gasteiger partial charge in [-0.25, -0.2) is 9.97 Å². The first-order chi connectivity index (χ1) is 15.0. The minimum Gasteiger partial charge on any atom is -0.436 e. The van der Waals surface area contributed by atoms with Gasteiger partial charge in [-0.2, -0.15) is 0 Å². The van der Waals surface area contributed by atoms with Crippen molar-refractivity contribution >= 4 is 17.4 Å². The molecule has 2 aromatic carbocycles. The molecule has 6 heteroatoms. The number of nitrogens with zero attached hydrogens (tertiary/aromatic N) is 3. The highest BCUT2D eigenvalue weighted by atomic mass is 16.5. The molecule has 1 aliphatic rings. The monoisotopic (exact) mass is 416 g/mol. The summed E-state index contributed by atoms with van der Waals surface area (Å²) >= 11 is 0. The maximum Gasteiger partial charge on any atom is 0.263 e. The third-order valence-corrected chi connectivity index (χ3v) is 5.53. The summed E-state index contributed by atoms with van der Waals surface area (Å²) in [5.74, 6) is 1.81. The second-order valence-electron chi connectivity index (χ2n) is 8.20. The smallest absolute Gasteiger partial charge is 0.263 e. The molecule has 0 saturated carbocycles. The Labute approximate surface area is 183 Å². The Bertz CT molecular complexity index is 1060. The zero-order valence-electron chi connectivity index (χ0n) is 18.3. The number of carbonyl (C=O) groups excluding carboxylic acids is 1. The Morgan fingerprint density at radius 2 is 1.81 bits per heavy atom. The highest BCUT2D eigenvalue weighted by molar-refractivity contribution is 5.93. The number of aryl methyl sites for hydroxylation is 3. The molecule has 3 aromatic rings. The number of piperidine rings is 1. The van der Waals surface area contributed by atoms with Crippen molar-refractivity contribution in [3.05, 3.63) is 71.5 Å². The molecule has 1 amide bonds. The van der Waals surface area contributed by atoms with Crippen molar-refractivity contribution in [2.75, 3.05) is 23.3 Å². The molecule has 0 aliphatic carbocycles. The number of amides is 1. The first-order valence-corrected chi connectivity index (χ1v) is 10.7. The van der Waals surface area contributed by atoms with Gasteiger partial charge in [0, 0.05) is 31.2 Å². The van der Waals surface area contributed by atoms with Gasteiger partial charge in [0.1, 0.15) is 5.75 Å². The van der Waals surface area contributed by atoms with Crippen LogP contribution in [0.2, 0.25) is 0 Å². The Balaban J connectivity index is 1.50. The van der Waals surface area contributed by atoms with Crippen LogP contribution in [-0.4, -0.2) is 29.0 Å². The predicted molar refractivity (Wildman–Crippen MR) is 123 cm³/mol. The zero-order chi connectivity index (χ0) is 21.8. The number of hydrogen-bond acceptors (Lipinski definition) is 5. The normalized spacial score (nSPS) is 16.1. The van der Waals surface area contributed by atoms with E-state index in [2.05, 4.69) is 26.3 Å². The molecule has 0 unspecified atom stereocenters. The number of aromatic nitrogens is 2. The molecule has 1 atom stereocenters. The summed E-state index contributed by atoms with van der Waals surface area (Å²) in [6, 6.07) is 13.9. The Morgan fingerprint density at radius 3 is 2.58 bits per heavy atom. The van der Waals surface area contributed by atoms with Crippen molar-refractivity contribution in [2.24, 2.45) is 5.92 Å². The molecule has 6 nitrogen and oxygen atoms in total. The molecule has 2 heterocycles. The van der Waals surface area contributed by atoms with Crippen molar-refractivity contribution in [1.82, 2.24) is 9.97 Å². The summed E-state index contributed by atoms with van der Waals surface area (Å²) in [6.45, 7) is 7.47. The number of para-hydroxylation sites is 1. The molecule has 0 radical (unpaired) electrons. The minimum absolute atomic E-state index is 0.0416. The van der Waals surface area contributed by atoms with E-state index in [-0.39, 0.29) is 11.8 Å². The highest BCUT2D eigenvalue weighted by Crippen LogP contribution is 2.32. The maximum atomic E-state index is 13.0. The summed E-state index contributed by atoms with van der Waals surface area (Å²) in [4.78, 5) is 24.0. The van der Waals surface area contributed by atoms with Crippen LogP contribution in [0.4, 0.5) is 11.5 Å². The summed E-state index contributed by atoms with van der Waals surface area (Å²) in [5, 5.41) is 3.09. The van der Waals surface area contributed by atoms with Crippen molar-refractivity contribution < 1.29 is 9.53 Å². The van der Waals surface area contributed by atoms with Crippen LogP contribution in [0.15, 0.2) is 54.9 Å². The lowest BCUT2D eigenvalue weighted by molar-refractivity contribution is -0.120. The fraction of sp³-hybridized carbons (Fsp3) is 0.320. The van der Waals surface area contributed by atoms with E-state index in [0.29, 0.717) is 18.2 Å². The highest BCUT2D eigenvalue weighted by Gasteiger charge is 2.28. The molecule has 1 aromatic heterocycles. The van der Waals surface area contributed by atoms with E-state index >= 15 is 0 Å². The van der Waals surface area contributed by atoms with Gasteiger partial charge in [0.05, 0.1) is 5.92 Å². The minimum atomic E-state index is -0.122. The fourth-order valence-corrected chi connectivity index (χ4v) is 4.06. The number of anilines is 2. The van der Waals surface area contributed by atoms with Gasteiger partial charge in [-0.1, -0.05) is 24.3 Å². The van der Waals surface area contributed by atoms with Crippen LogP contribution in [0.5, 0.6) is 11.6 Å². The largest absolute Gasteiger partial charge is 0.436 e. The summed E-state index contributed by atoms with van der Waals surface area (Å²) < 4.78 is 6.10. The molecule has 1 fully saturated rings. The molecular formula is C25H28N4O2. The van der Waals surface area contributed by atoms with Gasteiger partial charge in [0.2, 0.25) is 5.91 Å². The molecule has 0 spiro atoms. The maximum absolute atomic E-state index is 13.0. The molecule has 4 rings (SSSR count). The lowest BCUT2D eigenvalue weighted by Crippen LogP contribution is -2.41. The Kier molecular flexibility index (Phi) is 6.16. The first-order valence-electron chi connectivity index (χ1n) is 10.7. The molecule has 31 heavy (non-hydrogen) atoms. The van der Waals surface area contributed by atoms with Crippen molar-refractivity contribution in [3.63, 3.8) is 0 Å². The van der Waals surface area contributed by atoms with E-state index in [1.165, 1.54) is 0 Å². The summed E-state index contributed by atoms with van der Waals surface area (Å²) in [6.07, 6.45) is 5.05. The van der Waals surface area contributed by atoms with E-state index in [1.807, 2.05) is 57.2 Å². The van der Waals surface area contributed by atoms with Crippen LogP contribution in [0, 0.1) is 26.7 Å². The van der Waals surface area contributed by atoms with Crippen molar-refractivity contribution in [2.45, 2.75) is 33.6 Å². The third-order valence-electron chi connectivity index (χ3n) is 5.53. The number of hydrogen-bond donors (Lipinski definition) is 1. The van der Waals surface area contributed by atoms with Gasteiger partial charge >= 0.3 is 0 Å². The molecule has 1 saturated heterocycles. The molecule has 1 N–H and O–H groups in total. The second kappa shape index (κ2) is 9.16. The number of carbonyl (C=O) groups is 1. The number of nitrogens with one attached hydrogen (secondary N) is 1. The van der Waals surface area contributed by atoms with Crippen LogP contribution in [0.25, 0.3) is 0 Å². The van der Waals surface area contributed by atoms with Crippen LogP contribution < -0.4 is 15.0 Å². The summed E-state index contributed by atoms with van der Waals surface area (Å²) in [7, 11) is 0. The quantitative estimate of drug-likeness (QED) is 0.630. The van der Waals surface area contributed by atoms with Gasteiger partial charge in [0.15, 0.2) is 5.82 Å². The van der Waals surface area contributed by atoms with Crippen molar-refractivity contribution in [1.29, 1.82) is 0 Å². The van der Waals surface area contributed by atoms with Gasteiger partial charge in [-0.3, -0.25) is 4.79 Å². The number of rotatable bonds is 5. The number of benzene rings is 2. The molecule has 1 aliphatic heterocycles. The SMILES string of the molecule is Cc1cc(C)cc(NC(=O)[C@H]2CCCN(c3nccnc3Oc3ccccc3C)C2)c1. The van der Waals surface area contributed by atoms with E-state index in [1.54, 1.807) is 12.4 Å². The lowest BCUT2D eigenvalue weighted by atomic mass is 9.97. The Morgan fingerprint density at radius 1 is 1.06 bits per heavy atom. The number of ether oxygens (including phenoxy) is 1. The van der Waals surface area contributed by atoms with Crippen LogP contribution in [0.1, 0.15) is 29.5 Å². The zero-order valence-corrected chi connectivity index (χ0v) is 18.3. The third kappa shape index (κ3) is 5.02. The van der Waals surface area contributed by atoms with Gasteiger partial charge in [-0.05, 0) is 68.5 Å².